The Labute approximate surface area is 155 Å². The lowest BCUT2D eigenvalue weighted by Crippen LogP contribution is -2.46. The minimum atomic E-state index is -0.0277. The summed E-state index contributed by atoms with van der Waals surface area (Å²) in [6.45, 7) is 12.1. The molecule has 1 atom stereocenters. The van der Waals surface area contributed by atoms with Crippen molar-refractivity contribution in [2.45, 2.75) is 30.2 Å². The molecule has 1 unspecified atom stereocenters. The van der Waals surface area contributed by atoms with E-state index in [1.807, 2.05) is 18.2 Å². The fourth-order valence-corrected chi connectivity index (χ4v) is 3.50. The van der Waals surface area contributed by atoms with Gasteiger partial charge in [0.2, 0.25) is 0 Å². The standard InChI is InChI=1S/C18H20FNS.C4H6/c1-18(2)17-10-9-14(21-19)11-15(17)16(12-20(18)3)13-7-5-4-6-8-13;1-3-4-2/h4-11,16H,12H2,1-3H3;3-4H,1-2H2. The molecule has 1 aliphatic rings. The number of nitrogens with zero attached hydrogens (tertiary/aromatic N) is 1. The van der Waals surface area contributed by atoms with Crippen molar-refractivity contribution < 1.29 is 3.89 Å². The predicted molar refractivity (Wildman–Crippen MR) is 108 cm³/mol. The van der Waals surface area contributed by atoms with E-state index in [2.05, 4.69) is 69.3 Å². The average molecular weight is 356 g/mol. The van der Waals surface area contributed by atoms with E-state index >= 15 is 0 Å². The molecule has 0 radical (unpaired) electrons. The van der Waals surface area contributed by atoms with E-state index in [0.29, 0.717) is 23.0 Å². The second-order valence-corrected chi connectivity index (χ2v) is 7.33. The Morgan fingerprint density at radius 3 is 2.32 bits per heavy atom. The van der Waals surface area contributed by atoms with Crippen LogP contribution < -0.4 is 0 Å². The van der Waals surface area contributed by atoms with Crippen molar-refractivity contribution >= 4 is 12.1 Å². The highest BCUT2D eigenvalue weighted by atomic mass is 32.2. The molecule has 0 aromatic heterocycles. The zero-order chi connectivity index (χ0) is 18.4. The van der Waals surface area contributed by atoms with Crippen molar-refractivity contribution in [2.24, 2.45) is 0 Å². The third-order valence-electron chi connectivity index (χ3n) is 4.93. The van der Waals surface area contributed by atoms with Gasteiger partial charge in [-0.2, -0.15) is 3.89 Å². The van der Waals surface area contributed by atoms with Crippen molar-refractivity contribution in [2.75, 3.05) is 13.6 Å². The van der Waals surface area contributed by atoms with E-state index in [4.69, 9.17) is 0 Å². The number of allylic oxidation sites excluding steroid dienone is 2. The van der Waals surface area contributed by atoms with Gasteiger partial charge in [-0.15, -0.1) is 0 Å². The molecule has 0 amide bonds. The van der Waals surface area contributed by atoms with Crippen LogP contribution in [-0.4, -0.2) is 18.5 Å². The minimum Gasteiger partial charge on any atom is -0.296 e. The molecular weight excluding hydrogens is 329 g/mol. The summed E-state index contributed by atoms with van der Waals surface area (Å²) in [6, 6.07) is 16.5. The van der Waals surface area contributed by atoms with Crippen LogP contribution in [0.4, 0.5) is 3.89 Å². The molecule has 0 N–H and O–H groups in total. The van der Waals surface area contributed by atoms with Crippen LogP contribution in [0.5, 0.6) is 0 Å². The molecule has 0 fully saturated rings. The molecule has 2 aromatic carbocycles. The van der Waals surface area contributed by atoms with Gasteiger partial charge < -0.3 is 0 Å². The summed E-state index contributed by atoms with van der Waals surface area (Å²) in [6.07, 6.45) is 3.28. The third kappa shape index (κ3) is 4.23. The van der Waals surface area contributed by atoms with Gasteiger partial charge in [0.05, 0.1) is 12.1 Å². The monoisotopic (exact) mass is 355 g/mol. The molecule has 0 spiro atoms. The maximum Gasteiger partial charge on any atom is 0.0812 e. The van der Waals surface area contributed by atoms with Gasteiger partial charge in [-0.3, -0.25) is 4.90 Å². The van der Waals surface area contributed by atoms with E-state index in [-0.39, 0.29) is 5.54 Å². The van der Waals surface area contributed by atoms with Crippen molar-refractivity contribution in [3.63, 3.8) is 0 Å². The van der Waals surface area contributed by atoms with Crippen LogP contribution >= 0.6 is 12.1 Å². The molecule has 0 aliphatic carbocycles. The van der Waals surface area contributed by atoms with Crippen molar-refractivity contribution in [1.82, 2.24) is 4.90 Å². The minimum absolute atomic E-state index is 0.0277. The van der Waals surface area contributed by atoms with Crippen molar-refractivity contribution in [1.29, 1.82) is 0 Å². The zero-order valence-electron chi connectivity index (χ0n) is 15.2. The summed E-state index contributed by atoms with van der Waals surface area (Å²) in [5.41, 5.74) is 3.82. The highest BCUT2D eigenvalue weighted by Crippen LogP contribution is 2.43. The fourth-order valence-electron chi connectivity index (χ4n) is 3.21. The number of hydrogen-bond donors (Lipinski definition) is 0. The number of fused-ring (bicyclic) bond motifs is 1. The number of hydrogen-bond acceptors (Lipinski definition) is 2. The van der Waals surface area contributed by atoms with Crippen LogP contribution in [0.1, 0.15) is 36.5 Å². The second-order valence-electron chi connectivity index (χ2n) is 6.70. The normalized spacial score (nSPS) is 18.5. The summed E-state index contributed by atoms with van der Waals surface area (Å²) >= 11 is 0.326. The third-order valence-corrected chi connectivity index (χ3v) is 5.36. The molecule has 0 bridgehead atoms. The highest BCUT2D eigenvalue weighted by Gasteiger charge is 2.37. The average Bonchev–Trinajstić information content (AvgIpc) is 2.65. The van der Waals surface area contributed by atoms with Crippen LogP contribution in [0.2, 0.25) is 0 Å². The lowest BCUT2D eigenvalue weighted by atomic mass is 9.76. The molecule has 132 valence electrons. The maximum absolute atomic E-state index is 13.0. The van der Waals surface area contributed by atoms with E-state index in [1.165, 1.54) is 16.7 Å². The molecule has 0 saturated heterocycles. The van der Waals surface area contributed by atoms with Crippen LogP contribution in [-0.2, 0) is 5.54 Å². The van der Waals surface area contributed by atoms with Crippen LogP contribution in [0, 0.1) is 0 Å². The predicted octanol–water partition coefficient (Wildman–Crippen LogP) is 6.33. The highest BCUT2D eigenvalue weighted by molar-refractivity contribution is 7.94. The number of likely N-dealkylation sites (N-methyl/N-ethyl adjacent to an activating group) is 1. The number of rotatable bonds is 3. The lowest BCUT2D eigenvalue weighted by Gasteiger charge is -2.45. The Kier molecular flexibility index (Phi) is 6.63. The number of halogens is 1. The Morgan fingerprint density at radius 1 is 1.12 bits per heavy atom. The summed E-state index contributed by atoms with van der Waals surface area (Å²) in [5.74, 6) is 0.298. The summed E-state index contributed by atoms with van der Waals surface area (Å²) in [4.78, 5) is 3.07. The number of benzene rings is 2. The molecule has 1 heterocycles. The summed E-state index contributed by atoms with van der Waals surface area (Å²) in [5, 5.41) is 0. The molecule has 25 heavy (non-hydrogen) atoms. The van der Waals surface area contributed by atoms with Gasteiger partial charge in [0.15, 0.2) is 0 Å². The van der Waals surface area contributed by atoms with Gasteiger partial charge in [-0.25, -0.2) is 0 Å². The van der Waals surface area contributed by atoms with Crippen LogP contribution in [0.25, 0.3) is 0 Å². The lowest BCUT2D eigenvalue weighted by molar-refractivity contribution is 0.134. The van der Waals surface area contributed by atoms with Crippen LogP contribution in [0.15, 0.2) is 78.7 Å². The summed E-state index contributed by atoms with van der Waals surface area (Å²) < 4.78 is 13.0. The van der Waals surface area contributed by atoms with E-state index in [0.717, 1.165) is 6.54 Å². The smallest absolute Gasteiger partial charge is 0.0812 e. The van der Waals surface area contributed by atoms with Crippen molar-refractivity contribution in [3.8, 4) is 0 Å². The van der Waals surface area contributed by atoms with Gasteiger partial charge in [0, 0.05) is 22.9 Å². The Bertz CT molecular complexity index is 718. The topological polar surface area (TPSA) is 3.24 Å². The first-order chi connectivity index (χ1) is 12.0. The van der Waals surface area contributed by atoms with E-state index in [1.54, 1.807) is 12.2 Å². The fraction of sp³-hybridized carbons (Fsp3) is 0.273. The molecule has 1 aliphatic heterocycles. The first kappa shape index (κ1) is 19.5. The van der Waals surface area contributed by atoms with Gasteiger partial charge in [0.25, 0.3) is 0 Å². The first-order valence-corrected chi connectivity index (χ1v) is 9.10. The van der Waals surface area contributed by atoms with Gasteiger partial charge in [-0.05, 0) is 49.7 Å². The molecule has 2 aromatic rings. The molecule has 1 nitrogen and oxygen atoms in total. The SMILES string of the molecule is C=CC=C.CN1CC(c2ccccc2)c2cc(SF)ccc2C1(C)C. The first-order valence-electron chi connectivity index (χ1n) is 8.38. The summed E-state index contributed by atoms with van der Waals surface area (Å²) in [7, 11) is 2.16. The van der Waals surface area contributed by atoms with Crippen molar-refractivity contribution in [3.05, 3.63) is 90.5 Å². The quantitative estimate of drug-likeness (QED) is 0.592. The van der Waals surface area contributed by atoms with Gasteiger partial charge in [0.1, 0.15) is 0 Å². The molecule has 3 rings (SSSR count). The molecule has 0 saturated carbocycles. The molecular formula is C22H26FNS. The Hall–Kier alpha value is -1.84. The Balaban J connectivity index is 0.000000511. The largest absolute Gasteiger partial charge is 0.296 e. The Morgan fingerprint density at radius 2 is 1.76 bits per heavy atom. The maximum atomic E-state index is 13.0. The zero-order valence-corrected chi connectivity index (χ0v) is 16.0. The molecule has 3 heteroatoms. The van der Waals surface area contributed by atoms with E-state index < -0.39 is 0 Å². The van der Waals surface area contributed by atoms with E-state index in [9.17, 15) is 3.89 Å². The van der Waals surface area contributed by atoms with Gasteiger partial charge >= 0.3 is 0 Å². The second kappa shape index (κ2) is 8.50. The van der Waals surface area contributed by atoms with Crippen LogP contribution in [0.3, 0.4) is 0 Å². The van der Waals surface area contributed by atoms with Gasteiger partial charge in [-0.1, -0.05) is 61.7 Å².